The van der Waals surface area contributed by atoms with Crippen molar-refractivity contribution in [3.8, 4) is 0 Å². The number of hydrogen-bond donors (Lipinski definition) is 0. The molecule has 0 atom stereocenters. The Morgan fingerprint density at radius 2 is 1.94 bits per heavy atom. The predicted molar refractivity (Wildman–Crippen MR) is 121 cm³/mol. The summed E-state index contributed by atoms with van der Waals surface area (Å²) in [6, 6.07) is 10.3. The lowest BCUT2D eigenvalue weighted by molar-refractivity contribution is 0.0524. The summed E-state index contributed by atoms with van der Waals surface area (Å²) in [6.45, 7) is 3.50. The molecule has 8 nitrogen and oxygen atoms in total. The molecule has 0 bridgehead atoms. The van der Waals surface area contributed by atoms with Gasteiger partial charge in [-0.2, -0.15) is 0 Å². The first-order valence-electron chi connectivity index (χ1n) is 10.7. The van der Waals surface area contributed by atoms with Gasteiger partial charge in [0, 0.05) is 12.2 Å². The molecule has 2 heterocycles. The average Bonchev–Trinajstić information content (AvgIpc) is 3.65. The molecule has 9 heteroatoms. The predicted octanol–water partition coefficient (Wildman–Crippen LogP) is 5.32. The highest BCUT2D eigenvalue weighted by Gasteiger charge is 2.29. The molecule has 2 aromatic carbocycles. The van der Waals surface area contributed by atoms with Gasteiger partial charge in [-0.05, 0) is 44.9 Å². The van der Waals surface area contributed by atoms with E-state index in [1.807, 2.05) is 22.8 Å². The SMILES string of the molecule is CCOC(=O)c1cn(C2CC2)c2c(cc(F)c3nc(N=Nc4ccccc4)c(C)nc32)c1=O. The summed E-state index contributed by atoms with van der Waals surface area (Å²) in [6.07, 6.45) is 3.27. The third-order valence-electron chi connectivity index (χ3n) is 5.49. The van der Waals surface area contributed by atoms with Gasteiger partial charge in [0.25, 0.3) is 0 Å². The Bertz CT molecular complexity index is 1490. The first kappa shape index (κ1) is 20.9. The van der Waals surface area contributed by atoms with Crippen LogP contribution in [0.4, 0.5) is 15.9 Å². The minimum Gasteiger partial charge on any atom is -0.462 e. The molecule has 0 spiro atoms. The molecule has 0 amide bonds. The number of aryl methyl sites for hydroxylation is 1. The van der Waals surface area contributed by atoms with E-state index in [1.165, 1.54) is 6.20 Å². The van der Waals surface area contributed by atoms with Crippen molar-refractivity contribution in [2.75, 3.05) is 6.61 Å². The van der Waals surface area contributed by atoms with Crippen LogP contribution in [-0.2, 0) is 4.74 Å². The van der Waals surface area contributed by atoms with Crippen LogP contribution in [0.25, 0.3) is 21.9 Å². The number of carbonyl (C=O) groups excluding carboxylic acids is 1. The lowest BCUT2D eigenvalue weighted by Gasteiger charge is -2.15. The number of pyridine rings is 1. The smallest absolute Gasteiger partial charge is 0.343 e. The van der Waals surface area contributed by atoms with Gasteiger partial charge in [-0.3, -0.25) is 4.79 Å². The third kappa shape index (κ3) is 3.75. The number of rotatable bonds is 5. The first-order valence-corrected chi connectivity index (χ1v) is 10.7. The van der Waals surface area contributed by atoms with Crippen LogP contribution < -0.4 is 5.43 Å². The molecule has 2 aromatic heterocycles. The lowest BCUT2D eigenvalue weighted by atomic mass is 10.1. The number of esters is 1. The molecule has 0 saturated heterocycles. The maximum Gasteiger partial charge on any atom is 0.343 e. The lowest BCUT2D eigenvalue weighted by Crippen LogP contribution is -2.21. The molecule has 1 fully saturated rings. The fourth-order valence-corrected chi connectivity index (χ4v) is 3.76. The molecule has 166 valence electrons. The number of benzene rings is 2. The summed E-state index contributed by atoms with van der Waals surface area (Å²) in [4.78, 5) is 34.4. The van der Waals surface area contributed by atoms with Crippen molar-refractivity contribution >= 4 is 39.4 Å². The van der Waals surface area contributed by atoms with Crippen molar-refractivity contribution < 1.29 is 13.9 Å². The number of nitrogens with zero attached hydrogens (tertiary/aromatic N) is 5. The summed E-state index contributed by atoms with van der Waals surface area (Å²) in [7, 11) is 0. The number of ether oxygens (including phenoxy) is 1. The van der Waals surface area contributed by atoms with Gasteiger partial charge in [-0.1, -0.05) is 18.2 Å². The monoisotopic (exact) mass is 445 g/mol. The molecular weight excluding hydrogens is 425 g/mol. The maximum atomic E-state index is 15.2. The Hall–Kier alpha value is -4.01. The van der Waals surface area contributed by atoms with Crippen LogP contribution in [0.15, 0.2) is 57.6 Å². The molecular formula is C24H20FN5O3. The van der Waals surface area contributed by atoms with Gasteiger partial charge in [0.05, 0.1) is 28.9 Å². The second-order valence-corrected chi connectivity index (χ2v) is 7.85. The van der Waals surface area contributed by atoms with Crippen molar-refractivity contribution in [1.29, 1.82) is 0 Å². The molecule has 33 heavy (non-hydrogen) atoms. The van der Waals surface area contributed by atoms with Gasteiger partial charge < -0.3 is 9.30 Å². The fourth-order valence-electron chi connectivity index (χ4n) is 3.76. The second-order valence-electron chi connectivity index (χ2n) is 7.85. The Morgan fingerprint density at radius 1 is 1.18 bits per heavy atom. The Labute approximate surface area is 187 Å². The topological polar surface area (TPSA) is 98.8 Å². The van der Waals surface area contributed by atoms with Gasteiger partial charge in [-0.25, -0.2) is 19.2 Å². The van der Waals surface area contributed by atoms with Gasteiger partial charge in [-0.15, -0.1) is 10.2 Å². The summed E-state index contributed by atoms with van der Waals surface area (Å²) in [5, 5.41) is 8.37. The quantitative estimate of drug-likeness (QED) is 0.235. The van der Waals surface area contributed by atoms with Crippen molar-refractivity contribution in [3.63, 3.8) is 0 Å². The summed E-state index contributed by atoms with van der Waals surface area (Å²) in [5.41, 5.74) is 1.06. The molecule has 1 aliphatic rings. The van der Waals surface area contributed by atoms with E-state index >= 15 is 4.39 Å². The van der Waals surface area contributed by atoms with E-state index in [2.05, 4.69) is 20.2 Å². The van der Waals surface area contributed by atoms with E-state index < -0.39 is 17.2 Å². The summed E-state index contributed by atoms with van der Waals surface area (Å²) < 4.78 is 22.0. The van der Waals surface area contributed by atoms with Crippen molar-refractivity contribution in [2.24, 2.45) is 10.2 Å². The van der Waals surface area contributed by atoms with Crippen LogP contribution in [0, 0.1) is 12.7 Å². The molecule has 5 rings (SSSR count). The standard InChI is InChI=1S/C24H20FN5O3/c1-3-33-24(32)17-12-30(15-9-10-15)21-16(22(17)31)11-18(25)19-20(21)26-13(2)23(27-19)29-28-14-7-5-4-6-8-14/h4-8,11-12,15H,3,9-10H2,1-2H3. The van der Waals surface area contributed by atoms with E-state index in [4.69, 9.17) is 4.74 Å². The zero-order valence-electron chi connectivity index (χ0n) is 18.1. The Morgan fingerprint density at radius 3 is 2.64 bits per heavy atom. The Kier molecular flexibility index (Phi) is 5.16. The van der Waals surface area contributed by atoms with E-state index in [-0.39, 0.29) is 40.4 Å². The van der Waals surface area contributed by atoms with Crippen LogP contribution in [0.3, 0.4) is 0 Å². The van der Waals surface area contributed by atoms with Crippen LogP contribution >= 0.6 is 0 Å². The van der Waals surface area contributed by atoms with E-state index in [0.717, 1.165) is 18.9 Å². The van der Waals surface area contributed by atoms with Crippen LogP contribution in [0.1, 0.15) is 41.9 Å². The van der Waals surface area contributed by atoms with Crippen molar-refractivity contribution in [1.82, 2.24) is 14.5 Å². The van der Waals surface area contributed by atoms with Gasteiger partial charge in [0.15, 0.2) is 11.6 Å². The van der Waals surface area contributed by atoms with Crippen LogP contribution in [0.5, 0.6) is 0 Å². The Balaban J connectivity index is 1.75. The molecule has 0 unspecified atom stereocenters. The average molecular weight is 445 g/mol. The number of halogens is 1. The van der Waals surface area contributed by atoms with E-state index in [9.17, 15) is 9.59 Å². The normalized spacial score (nSPS) is 13.8. The highest BCUT2D eigenvalue weighted by molar-refractivity contribution is 6.04. The number of azo groups is 1. The molecule has 0 radical (unpaired) electrons. The molecule has 1 aliphatic carbocycles. The van der Waals surface area contributed by atoms with Crippen molar-refractivity contribution in [2.45, 2.75) is 32.7 Å². The molecule has 0 N–H and O–H groups in total. The zero-order valence-corrected chi connectivity index (χ0v) is 18.1. The minimum absolute atomic E-state index is 0.00667. The third-order valence-corrected chi connectivity index (χ3v) is 5.49. The molecule has 1 saturated carbocycles. The van der Waals surface area contributed by atoms with Gasteiger partial charge >= 0.3 is 5.97 Å². The van der Waals surface area contributed by atoms with Crippen molar-refractivity contribution in [3.05, 3.63) is 69.9 Å². The molecule has 4 aromatic rings. The summed E-state index contributed by atoms with van der Waals surface area (Å²) >= 11 is 0. The number of aromatic nitrogens is 3. The largest absolute Gasteiger partial charge is 0.462 e. The fraction of sp³-hybridized carbons (Fsp3) is 0.250. The van der Waals surface area contributed by atoms with Crippen LogP contribution in [0.2, 0.25) is 0 Å². The number of hydrogen-bond acceptors (Lipinski definition) is 7. The van der Waals surface area contributed by atoms with Gasteiger partial charge in [0.2, 0.25) is 5.43 Å². The molecule has 0 aliphatic heterocycles. The number of carbonyl (C=O) groups is 1. The first-order chi connectivity index (χ1) is 16.0. The highest BCUT2D eigenvalue weighted by Crippen LogP contribution is 2.39. The zero-order chi connectivity index (χ0) is 23.1. The van der Waals surface area contributed by atoms with Gasteiger partial charge in [0.1, 0.15) is 16.6 Å². The van der Waals surface area contributed by atoms with Crippen LogP contribution in [-0.4, -0.2) is 27.1 Å². The summed E-state index contributed by atoms with van der Waals surface area (Å²) in [5.74, 6) is -1.26. The number of fused-ring (bicyclic) bond motifs is 3. The minimum atomic E-state index is -0.724. The van der Waals surface area contributed by atoms with E-state index in [0.29, 0.717) is 16.9 Å². The highest BCUT2D eigenvalue weighted by atomic mass is 19.1. The second kappa shape index (κ2) is 8.16. The van der Waals surface area contributed by atoms with E-state index in [1.54, 1.807) is 26.0 Å². The maximum absolute atomic E-state index is 15.2.